The summed E-state index contributed by atoms with van der Waals surface area (Å²) in [6.07, 6.45) is 1.45. The van der Waals surface area contributed by atoms with Gasteiger partial charge in [0, 0.05) is 12.8 Å². The van der Waals surface area contributed by atoms with Crippen LogP contribution < -0.4 is 5.32 Å². The van der Waals surface area contributed by atoms with Gasteiger partial charge in [0.25, 0.3) is 0 Å². The first-order chi connectivity index (χ1) is 6.87. The number of carboxylic acid groups (broad SMARTS) is 1. The van der Waals surface area contributed by atoms with Gasteiger partial charge in [0.1, 0.15) is 0 Å². The highest BCUT2D eigenvalue weighted by atomic mass is 16.4. The Hall–Kier alpha value is -1.10. The molecule has 5 heteroatoms. The van der Waals surface area contributed by atoms with Crippen molar-refractivity contribution in [1.29, 1.82) is 0 Å². The Bertz CT molecular complexity index is 225. The number of carbonyl (C=O) groups excluding carboxylic acids is 1. The average Bonchev–Trinajstić information content (AvgIpc) is 2.11. The van der Waals surface area contributed by atoms with Crippen molar-refractivity contribution in [3.05, 3.63) is 0 Å². The monoisotopic (exact) mass is 217 g/mol. The molecule has 0 aromatic heterocycles. The number of nitrogens with one attached hydrogen (secondary N) is 1. The van der Waals surface area contributed by atoms with Gasteiger partial charge < -0.3 is 15.5 Å². The average molecular weight is 217 g/mol. The predicted octanol–water partition coefficient (Wildman–Crippen LogP) is 0.518. The molecule has 0 fully saturated rings. The van der Waals surface area contributed by atoms with Crippen LogP contribution in [0.1, 0.15) is 39.5 Å². The van der Waals surface area contributed by atoms with E-state index in [-0.39, 0.29) is 18.9 Å². The van der Waals surface area contributed by atoms with Crippen LogP contribution in [0.25, 0.3) is 0 Å². The summed E-state index contributed by atoms with van der Waals surface area (Å²) >= 11 is 0. The second kappa shape index (κ2) is 6.40. The molecular formula is C10H19NO4. The molecule has 0 aromatic rings. The SMILES string of the molecule is CC(C)(CO)NC(=O)CCCCC(=O)O. The molecule has 5 nitrogen and oxygen atoms in total. The Morgan fingerprint density at radius 3 is 2.20 bits per heavy atom. The molecule has 0 radical (unpaired) electrons. The van der Waals surface area contributed by atoms with Crippen molar-refractivity contribution in [1.82, 2.24) is 5.32 Å². The number of hydrogen-bond acceptors (Lipinski definition) is 3. The summed E-state index contributed by atoms with van der Waals surface area (Å²) in [6, 6.07) is 0. The molecule has 0 aliphatic carbocycles. The molecule has 0 spiro atoms. The van der Waals surface area contributed by atoms with Crippen LogP contribution in [0.15, 0.2) is 0 Å². The normalized spacial score (nSPS) is 11.1. The van der Waals surface area contributed by atoms with Crippen LogP contribution in [0.3, 0.4) is 0 Å². The number of carbonyl (C=O) groups is 2. The maximum absolute atomic E-state index is 11.3. The quantitative estimate of drug-likeness (QED) is 0.542. The maximum atomic E-state index is 11.3. The van der Waals surface area contributed by atoms with E-state index in [0.29, 0.717) is 19.3 Å². The highest BCUT2D eigenvalue weighted by Crippen LogP contribution is 2.04. The Morgan fingerprint density at radius 2 is 1.73 bits per heavy atom. The highest BCUT2D eigenvalue weighted by molar-refractivity contribution is 5.76. The van der Waals surface area contributed by atoms with Crippen LogP contribution >= 0.6 is 0 Å². The third kappa shape index (κ3) is 7.93. The van der Waals surface area contributed by atoms with Crippen LogP contribution in [0.2, 0.25) is 0 Å². The Morgan fingerprint density at radius 1 is 1.20 bits per heavy atom. The summed E-state index contributed by atoms with van der Waals surface area (Å²) in [7, 11) is 0. The lowest BCUT2D eigenvalue weighted by Gasteiger charge is -2.23. The zero-order valence-corrected chi connectivity index (χ0v) is 9.25. The lowest BCUT2D eigenvalue weighted by Crippen LogP contribution is -2.46. The number of aliphatic hydroxyl groups is 1. The van der Waals surface area contributed by atoms with Crippen LogP contribution in [-0.2, 0) is 9.59 Å². The first-order valence-electron chi connectivity index (χ1n) is 5.01. The molecule has 15 heavy (non-hydrogen) atoms. The van der Waals surface area contributed by atoms with E-state index >= 15 is 0 Å². The minimum absolute atomic E-state index is 0.0939. The Labute approximate surface area is 89.5 Å². The van der Waals surface area contributed by atoms with Gasteiger partial charge in [-0.05, 0) is 26.7 Å². The predicted molar refractivity (Wildman–Crippen MR) is 55.4 cm³/mol. The van der Waals surface area contributed by atoms with Gasteiger partial charge in [0.05, 0.1) is 12.1 Å². The molecule has 0 rings (SSSR count). The van der Waals surface area contributed by atoms with E-state index in [0.717, 1.165) is 0 Å². The van der Waals surface area contributed by atoms with Crippen molar-refractivity contribution in [3.63, 3.8) is 0 Å². The Balaban J connectivity index is 3.62. The van der Waals surface area contributed by atoms with E-state index in [4.69, 9.17) is 10.2 Å². The second-order valence-corrected chi connectivity index (χ2v) is 4.19. The van der Waals surface area contributed by atoms with Gasteiger partial charge >= 0.3 is 5.97 Å². The Kier molecular flexibility index (Phi) is 5.93. The second-order valence-electron chi connectivity index (χ2n) is 4.19. The van der Waals surface area contributed by atoms with Crippen molar-refractivity contribution < 1.29 is 19.8 Å². The van der Waals surface area contributed by atoms with Crippen molar-refractivity contribution in [2.24, 2.45) is 0 Å². The fourth-order valence-corrected chi connectivity index (χ4v) is 1.04. The van der Waals surface area contributed by atoms with Crippen LogP contribution in [0, 0.1) is 0 Å². The van der Waals surface area contributed by atoms with Gasteiger partial charge in [0.2, 0.25) is 5.91 Å². The number of carboxylic acids is 1. The zero-order valence-electron chi connectivity index (χ0n) is 9.25. The van der Waals surface area contributed by atoms with Gasteiger partial charge in [-0.25, -0.2) is 0 Å². The molecule has 0 saturated heterocycles. The molecule has 1 amide bonds. The van der Waals surface area contributed by atoms with Crippen LogP contribution in [-0.4, -0.2) is 34.2 Å². The summed E-state index contributed by atoms with van der Waals surface area (Å²) in [5.74, 6) is -0.995. The number of hydrogen-bond donors (Lipinski definition) is 3. The van der Waals surface area contributed by atoms with Crippen LogP contribution in [0.4, 0.5) is 0 Å². The van der Waals surface area contributed by atoms with Gasteiger partial charge in [-0.1, -0.05) is 0 Å². The molecule has 0 saturated carbocycles. The number of aliphatic carboxylic acids is 1. The van der Waals surface area contributed by atoms with E-state index in [1.54, 1.807) is 13.8 Å². The standard InChI is InChI=1S/C10H19NO4/c1-10(2,7-12)11-8(13)5-3-4-6-9(14)15/h12H,3-7H2,1-2H3,(H,11,13)(H,14,15). The fourth-order valence-electron chi connectivity index (χ4n) is 1.04. The van der Waals surface area contributed by atoms with Gasteiger partial charge in [-0.3, -0.25) is 9.59 Å². The van der Waals surface area contributed by atoms with Gasteiger partial charge in [-0.15, -0.1) is 0 Å². The molecular weight excluding hydrogens is 198 g/mol. The minimum atomic E-state index is -0.842. The number of unbranched alkanes of at least 4 members (excludes halogenated alkanes) is 1. The number of amides is 1. The largest absolute Gasteiger partial charge is 0.481 e. The van der Waals surface area contributed by atoms with Gasteiger partial charge in [0.15, 0.2) is 0 Å². The molecule has 88 valence electrons. The lowest BCUT2D eigenvalue weighted by molar-refractivity contribution is -0.137. The van der Waals surface area contributed by atoms with Crippen molar-refractivity contribution in [3.8, 4) is 0 Å². The first-order valence-corrected chi connectivity index (χ1v) is 5.01. The molecule has 0 aromatic carbocycles. The first kappa shape index (κ1) is 13.9. The van der Waals surface area contributed by atoms with Crippen molar-refractivity contribution >= 4 is 11.9 Å². The van der Waals surface area contributed by atoms with E-state index in [2.05, 4.69) is 5.32 Å². The third-order valence-electron chi connectivity index (χ3n) is 1.92. The van der Waals surface area contributed by atoms with Crippen molar-refractivity contribution in [2.45, 2.75) is 45.1 Å². The number of aliphatic hydroxyl groups excluding tert-OH is 1. The summed E-state index contributed by atoms with van der Waals surface area (Å²) in [5, 5.41) is 19.9. The van der Waals surface area contributed by atoms with Gasteiger partial charge in [-0.2, -0.15) is 0 Å². The molecule has 0 bridgehead atoms. The molecule has 0 atom stereocenters. The van der Waals surface area contributed by atoms with E-state index in [1.165, 1.54) is 0 Å². The molecule has 0 heterocycles. The minimum Gasteiger partial charge on any atom is -0.481 e. The van der Waals surface area contributed by atoms with E-state index in [1.807, 2.05) is 0 Å². The molecule has 0 aliphatic rings. The molecule has 0 aliphatic heterocycles. The summed E-state index contributed by atoms with van der Waals surface area (Å²) in [6.45, 7) is 3.33. The van der Waals surface area contributed by atoms with E-state index in [9.17, 15) is 9.59 Å². The lowest BCUT2D eigenvalue weighted by atomic mass is 10.1. The maximum Gasteiger partial charge on any atom is 0.303 e. The summed E-state index contributed by atoms with van der Waals surface area (Å²) in [5.41, 5.74) is -0.607. The summed E-state index contributed by atoms with van der Waals surface area (Å²) in [4.78, 5) is 21.5. The zero-order chi connectivity index (χ0) is 11.9. The summed E-state index contributed by atoms with van der Waals surface area (Å²) < 4.78 is 0. The fraction of sp³-hybridized carbons (Fsp3) is 0.800. The van der Waals surface area contributed by atoms with Crippen LogP contribution in [0.5, 0.6) is 0 Å². The highest BCUT2D eigenvalue weighted by Gasteiger charge is 2.18. The third-order valence-corrected chi connectivity index (χ3v) is 1.92. The number of rotatable bonds is 7. The topological polar surface area (TPSA) is 86.6 Å². The molecule has 3 N–H and O–H groups in total. The molecule has 0 unspecified atom stereocenters. The van der Waals surface area contributed by atoms with E-state index < -0.39 is 11.5 Å². The smallest absolute Gasteiger partial charge is 0.303 e. The van der Waals surface area contributed by atoms with Crippen molar-refractivity contribution in [2.75, 3.05) is 6.61 Å².